The second kappa shape index (κ2) is 7.92. The standard InChI is InChI=1S/C16H18FN3O2S/c1-4-9-20-15(10-22-14-8-6-5-7-13(14)17)18-19-16(20)23-12(3)11(2)21/h4-8,12H,1,9-10H2,2-3H3. The Morgan fingerprint density at radius 3 is 2.87 bits per heavy atom. The summed E-state index contributed by atoms with van der Waals surface area (Å²) in [4.78, 5) is 11.4. The number of carbonyl (C=O) groups is 1. The summed E-state index contributed by atoms with van der Waals surface area (Å²) < 4.78 is 20.9. The molecule has 1 atom stereocenters. The first-order valence-corrected chi connectivity index (χ1v) is 7.98. The molecular formula is C16H18FN3O2S. The number of benzene rings is 1. The van der Waals surface area contributed by atoms with Crippen molar-refractivity contribution < 1.29 is 13.9 Å². The number of allylic oxidation sites excluding steroid dienone is 1. The first kappa shape index (κ1) is 17.2. The van der Waals surface area contributed by atoms with Crippen LogP contribution in [-0.2, 0) is 17.9 Å². The maximum atomic E-state index is 13.6. The van der Waals surface area contributed by atoms with E-state index in [1.54, 1.807) is 28.8 Å². The van der Waals surface area contributed by atoms with Gasteiger partial charge >= 0.3 is 0 Å². The molecule has 0 spiro atoms. The van der Waals surface area contributed by atoms with Gasteiger partial charge in [0.25, 0.3) is 0 Å². The lowest BCUT2D eigenvalue weighted by molar-refractivity contribution is -0.116. The number of ketones is 1. The van der Waals surface area contributed by atoms with Crippen LogP contribution in [-0.4, -0.2) is 25.8 Å². The van der Waals surface area contributed by atoms with Crippen molar-refractivity contribution in [3.8, 4) is 5.75 Å². The number of carbonyl (C=O) groups excluding carboxylic acids is 1. The quantitative estimate of drug-likeness (QED) is 0.547. The number of para-hydroxylation sites is 1. The molecule has 0 saturated heterocycles. The maximum absolute atomic E-state index is 13.6. The summed E-state index contributed by atoms with van der Waals surface area (Å²) in [5, 5.41) is 8.56. The van der Waals surface area contributed by atoms with Crippen LogP contribution in [0, 0.1) is 5.82 Å². The van der Waals surface area contributed by atoms with Crippen LogP contribution in [0.1, 0.15) is 19.7 Å². The van der Waals surface area contributed by atoms with Gasteiger partial charge in [-0.2, -0.15) is 0 Å². The Kier molecular flexibility index (Phi) is 5.92. The summed E-state index contributed by atoms with van der Waals surface area (Å²) in [6, 6.07) is 6.18. The number of hydrogen-bond donors (Lipinski definition) is 0. The second-order valence-electron chi connectivity index (χ2n) is 4.89. The molecule has 1 unspecified atom stereocenters. The average Bonchev–Trinajstić information content (AvgIpc) is 2.89. The van der Waals surface area contributed by atoms with Gasteiger partial charge < -0.3 is 4.74 Å². The third-order valence-corrected chi connectivity index (χ3v) is 4.35. The Balaban J connectivity index is 2.15. The van der Waals surface area contributed by atoms with E-state index in [1.165, 1.54) is 24.8 Å². The van der Waals surface area contributed by atoms with Crippen molar-refractivity contribution in [1.82, 2.24) is 14.8 Å². The lowest BCUT2D eigenvalue weighted by atomic mass is 10.3. The minimum absolute atomic E-state index is 0.0623. The summed E-state index contributed by atoms with van der Waals surface area (Å²) in [6.07, 6.45) is 1.71. The van der Waals surface area contributed by atoms with Gasteiger partial charge in [0.1, 0.15) is 12.4 Å². The van der Waals surface area contributed by atoms with Gasteiger partial charge in [0.05, 0.1) is 5.25 Å². The van der Waals surface area contributed by atoms with Crippen molar-refractivity contribution >= 4 is 17.5 Å². The van der Waals surface area contributed by atoms with Crippen LogP contribution in [0.2, 0.25) is 0 Å². The molecule has 0 aliphatic carbocycles. The molecule has 1 aromatic heterocycles. The molecule has 23 heavy (non-hydrogen) atoms. The fraction of sp³-hybridized carbons (Fsp3) is 0.312. The fourth-order valence-electron chi connectivity index (χ4n) is 1.77. The molecule has 0 bridgehead atoms. The van der Waals surface area contributed by atoms with Gasteiger partial charge in [0.2, 0.25) is 0 Å². The van der Waals surface area contributed by atoms with E-state index in [1.807, 2.05) is 6.92 Å². The van der Waals surface area contributed by atoms with Crippen molar-refractivity contribution in [2.75, 3.05) is 0 Å². The summed E-state index contributed by atoms with van der Waals surface area (Å²) >= 11 is 1.33. The molecule has 122 valence electrons. The molecule has 2 aromatic rings. The SMILES string of the molecule is C=CCn1c(COc2ccccc2F)nnc1SC(C)C(C)=O. The van der Waals surface area contributed by atoms with E-state index in [9.17, 15) is 9.18 Å². The monoisotopic (exact) mass is 335 g/mol. The first-order valence-electron chi connectivity index (χ1n) is 7.10. The number of Topliss-reactive ketones (excluding diaryl/α,β-unsaturated/α-hetero) is 1. The Labute approximate surface area is 138 Å². The topological polar surface area (TPSA) is 57.0 Å². The van der Waals surface area contributed by atoms with E-state index in [0.717, 1.165) is 0 Å². The molecular weight excluding hydrogens is 317 g/mol. The molecule has 0 amide bonds. The summed E-state index contributed by atoms with van der Waals surface area (Å²) in [7, 11) is 0. The number of hydrogen-bond acceptors (Lipinski definition) is 5. The highest BCUT2D eigenvalue weighted by Gasteiger charge is 2.17. The van der Waals surface area contributed by atoms with Gasteiger partial charge in [-0.25, -0.2) is 4.39 Å². The Morgan fingerprint density at radius 2 is 2.22 bits per heavy atom. The number of nitrogens with zero attached hydrogens (tertiary/aromatic N) is 3. The van der Waals surface area contributed by atoms with Crippen LogP contribution in [0.3, 0.4) is 0 Å². The van der Waals surface area contributed by atoms with E-state index in [0.29, 0.717) is 17.5 Å². The Bertz CT molecular complexity index is 702. The molecule has 0 aliphatic heterocycles. The highest BCUT2D eigenvalue weighted by atomic mass is 32.2. The first-order chi connectivity index (χ1) is 11.0. The Hall–Kier alpha value is -2.15. The number of ether oxygens (including phenoxy) is 1. The molecule has 1 heterocycles. The van der Waals surface area contributed by atoms with E-state index in [4.69, 9.17) is 4.74 Å². The van der Waals surface area contributed by atoms with E-state index < -0.39 is 5.82 Å². The van der Waals surface area contributed by atoms with Gasteiger partial charge in [-0.05, 0) is 26.0 Å². The fourth-order valence-corrected chi connectivity index (χ4v) is 2.65. The number of halogens is 1. The van der Waals surface area contributed by atoms with Crippen molar-refractivity contribution in [2.24, 2.45) is 0 Å². The number of thioether (sulfide) groups is 1. The number of aromatic nitrogens is 3. The van der Waals surface area contributed by atoms with Crippen molar-refractivity contribution in [1.29, 1.82) is 0 Å². The van der Waals surface area contributed by atoms with Crippen LogP contribution < -0.4 is 4.74 Å². The molecule has 2 rings (SSSR count). The van der Waals surface area contributed by atoms with Crippen LogP contribution in [0.25, 0.3) is 0 Å². The largest absolute Gasteiger partial charge is 0.483 e. The van der Waals surface area contributed by atoms with Crippen LogP contribution in [0.15, 0.2) is 42.1 Å². The second-order valence-corrected chi connectivity index (χ2v) is 6.20. The maximum Gasteiger partial charge on any atom is 0.192 e. The third kappa shape index (κ3) is 4.41. The highest BCUT2D eigenvalue weighted by Crippen LogP contribution is 2.24. The van der Waals surface area contributed by atoms with E-state index in [-0.39, 0.29) is 23.4 Å². The smallest absolute Gasteiger partial charge is 0.192 e. The lowest BCUT2D eigenvalue weighted by Gasteiger charge is -2.11. The summed E-state index contributed by atoms with van der Waals surface area (Å²) in [5.74, 6) is 0.341. The zero-order chi connectivity index (χ0) is 16.8. The predicted molar refractivity (Wildman–Crippen MR) is 87.0 cm³/mol. The molecule has 7 heteroatoms. The molecule has 0 aliphatic rings. The molecule has 0 saturated carbocycles. The normalized spacial score (nSPS) is 12.0. The van der Waals surface area contributed by atoms with Crippen molar-refractivity contribution in [3.63, 3.8) is 0 Å². The van der Waals surface area contributed by atoms with Crippen LogP contribution >= 0.6 is 11.8 Å². The minimum atomic E-state index is -0.429. The molecule has 1 aromatic carbocycles. The average molecular weight is 335 g/mol. The molecule has 0 N–H and O–H groups in total. The van der Waals surface area contributed by atoms with Gasteiger partial charge in [-0.15, -0.1) is 16.8 Å². The summed E-state index contributed by atoms with van der Waals surface area (Å²) in [6.45, 7) is 7.62. The van der Waals surface area contributed by atoms with Crippen molar-refractivity contribution in [2.45, 2.75) is 37.4 Å². The van der Waals surface area contributed by atoms with E-state index >= 15 is 0 Å². The van der Waals surface area contributed by atoms with Crippen LogP contribution in [0.5, 0.6) is 5.75 Å². The summed E-state index contributed by atoms with van der Waals surface area (Å²) in [5.41, 5.74) is 0. The van der Waals surface area contributed by atoms with Gasteiger partial charge in [-0.3, -0.25) is 9.36 Å². The van der Waals surface area contributed by atoms with Gasteiger partial charge in [-0.1, -0.05) is 30.0 Å². The van der Waals surface area contributed by atoms with Gasteiger partial charge in [0.15, 0.2) is 22.5 Å². The Morgan fingerprint density at radius 1 is 1.48 bits per heavy atom. The molecule has 0 fully saturated rings. The van der Waals surface area contributed by atoms with Crippen molar-refractivity contribution in [3.05, 3.63) is 48.6 Å². The molecule has 5 nitrogen and oxygen atoms in total. The third-order valence-electron chi connectivity index (χ3n) is 3.15. The highest BCUT2D eigenvalue weighted by molar-refractivity contribution is 8.00. The van der Waals surface area contributed by atoms with Gasteiger partial charge in [0, 0.05) is 6.54 Å². The van der Waals surface area contributed by atoms with Crippen LogP contribution in [0.4, 0.5) is 4.39 Å². The predicted octanol–water partition coefficient (Wildman–Crippen LogP) is 3.25. The number of rotatable bonds is 8. The molecule has 0 radical (unpaired) electrons. The minimum Gasteiger partial charge on any atom is -0.483 e. The zero-order valence-corrected chi connectivity index (χ0v) is 13.8. The lowest BCUT2D eigenvalue weighted by Crippen LogP contribution is -2.12. The van der Waals surface area contributed by atoms with E-state index in [2.05, 4.69) is 16.8 Å². The zero-order valence-electron chi connectivity index (χ0n) is 13.0.